The predicted octanol–water partition coefficient (Wildman–Crippen LogP) is 2.90. The molecule has 0 heterocycles. The smallest absolute Gasteiger partial charge is 0.152 e. The molecule has 0 saturated carbocycles. The Morgan fingerprint density at radius 1 is 1.38 bits per heavy atom. The third-order valence-electron chi connectivity index (χ3n) is 1.67. The molecule has 0 spiro atoms. The molecule has 1 nitrogen and oxygen atoms in total. The van der Waals surface area contributed by atoms with Crippen LogP contribution >= 0.6 is 11.6 Å². The van der Waals surface area contributed by atoms with Crippen LogP contribution in [0.4, 0.5) is 0 Å². The zero-order valence-corrected chi connectivity index (χ0v) is 8.21. The Morgan fingerprint density at radius 3 is 2.46 bits per heavy atom. The molecule has 0 aromatic heterocycles. The molecule has 13 heavy (non-hydrogen) atoms. The van der Waals surface area contributed by atoms with Gasteiger partial charge in [-0.25, -0.2) is 0 Å². The number of benzene rings is 1. The number of carbonyl (C=O) groups is 1. The van der Waals surface area contributed by atoms with Crippen molar-refractivity contribution in [2.45, 2.75) is 6.92 Å². The minimum absolute atomic E-state index is 0.0273. The normalized spacial score (nSPS) is 11.4. The number of allylic oxidation sites excluding steroid dienone is 2. The van der Waals surface area contributed by atoms with Gasteiger partial charge in [0.2, 0.25) is 0 Å². The zero-order chi connectivity index (χ0) is 9.68. The van der Waals surface area contributed by atoms with E-state index in [2.05, 4.69) is 0 Å². The second kappa shape index (κ2) is 4.83. The van der Waals surface area contributed by atoms with Crippen LogP contribution in [0.5, 0.6) is 0 Å². The highest BCUT2D eigenvalue weighted by Gasteiger charge is 1.99. The number of halogens is 1. The molecule has 0 saturated heterocycles. The van der Waals surface area contributed by atoms with Crippen molar-refractivity contribution < 1.29 is 4.79 Å². The maximum Gasteiger partial charge on any atom is 0.152 e. The molecule has 1 aromatic carbocycles. The molecule has 0 radical (unpaired) electrons. The van der Waals surface area contributed by atoms with E-state index in [1.807, 2.05) is 30.3 Å². The van der Waals surface area contributed by atoms with E-state index in [1.165, 1.54) is 6.92 Å². The molecule has 0 aliphatic carbocycles. The van der Waals surface area contributed by atoms with Crippen molar-refractivity contribution in [2.75, 3.05) is 5.88 Å². The van der Waals surface area contributed by atoms with Gasteiger partial charge in [0.1, 0.15) is 0 Å². The van der Waals surface area contributed by atoms with E-state index < -0.39 is 0 Å². The van der Waals surface area contributed by atoms with Crippen LogP contribution in [0, 0.1) is 0 Å². The number of rotatable bonds is 3. The molecule has 0 amide bonds. The Balaban J connectivity index is 2.98. The second-order valence-electron chi connectivity index (χ2n) is 2.78. The molecule has 1 rings (SSSR count). The second-order valence-corrected chi connectivity index (χ2v) is 3.05. The number of hydrogen-bond acceptors (Lipinski definition) is 1. The fourth-order valence-electron chi connectivity index (χ4n) is 1.10. The van der Waals surface area contributed by atoms with Gasteiger partial charge in [-0.1, -0.05) is 30.3 Å². The van der Waals surface area contributed by atoms with E-state index in [-0.39, 0.29) is 5.78 Å². The minimum Gasteiger partial charge on any atom is -0.295 e. The van der Waals surface area contributed by atoms with E-state index in [0.717, 1.165) is 11.1 Å². The topological polar surface area (TPSA) is 17.1 Å². The highest BCUT2D eigenvalue weighted by Crippen LogP contribution is 2.15. The summed E-state index contributed by atoms with van der Waals surface area (Å²) < 4.78 is 0. The van der Waals surface area contributed by atoms with Crippen LogP contribution < -0.4 is 0 Å². The molecule has 0 aliphatic rings. The lowest BCUT2D eigenvalue weighted by molar-refractivity contribution is -0.112. The molecule has 2 heteroatoms. The Bertz CT molecular complexity index is 314. The van der Waals surface area contributed by atoms with Crippen molar-refractivity contribution >= 4 is 23.0 Å². The molecule has 0 aliphatic heterocycles. The summed E-state index contributed by atoms with van der Waals surface area (Å²) in [6.07, 6.45) is 1.57. The fourth-order valence-corrected chi connectivity index (χ4v) is 1.33. The molecule has 68 valence electrons. The van der Waals surface area contributed by atoms with Crippen molar-refractivity contribution in [1.29, 1.82) is 0 Å². The number of alkyl halides is 1. The van der Waals surface area contributed by atoms with E-state index >= 15 is 0 Å². The summed E-state index contributed by atoms with van der Waals surface area (Å²) in [6, 6.07) is 9.67. The minimum atomic E-state index is 0.0273. The molecule has 0 unspecified atom stereocenters. The standard InChI is InChI=1S/C11H11ClO/c1-9(13)7-11(8-12)10-5-3-2-4-6-10/h2-7H,8H2,1H3/b11-7+. The predicted molar refractivity (Wildman–Crippen MR) is 55.8 cm³/mol. The lowest BCUT2D eigenvalue weighted by Crippen LogP contribution is -1.90. The van der Waals surface area contributed by atoms with E-state index in [0.29, 0.717) is 5.88 Å². The number of carbonyl (C=O) groups excluding carboxylic acids is 1. The largest absolute Gasteiger partial charge is 0.295 e. The zero-order valence-electron chi connectivity index (χ0n) is 7.46. The van der Waals surface area contributed by atoms with Crippen molar-refractivity contribution in [2.24, 2.45) is 0 Å². The van der Waals surface area contributed by atoms with Gasteiger partial charge in [-0.3, -0.25) is 4.79 Å². The summed E-state index contributed by atoms with van der Waals surface area (Å²) in [5.41, 5.74) is 1.88. The van der Waals surface area contributed by atoms with Gasteiger partial charge in [-0.15, -0.1) is 11.6 Å². The van der Waals surface area contributed by atoms with E-state index in [9.17, 15) is 4.79 Å². The van der Waals surface area contributed by atoms with Gasteiger partial charge in [-0.05, 0) is 24.1 Å². The summed E-state index contributed by atoms with van der Waals surface area (Å²) >= 11 is 5.73. The van der Waals surface area contributed by atoms with Gasteiger partial charge in [0.25, 0.3) is 0 Å². The lowest BCUT2D eigenvalue weighted by atomic mass is 10.1. The molecule has 0 fully saturated rings. The maximum absolute atomic E-state index is 10.9. The SMILES string of the molecule is CC(=O)/C=C(\CCl)c1ccccc1. The van der Waals surface area contributed by atoms with Crippen molar-refractivity contribution in [3.63, 3.8) is 0 Å². The van der Waals surface area contributed by atoms with Crippen LogP contribution in [-0.4, -0.2) is 11.7 Å². The van der Waals surface area contributed by atoms with E-state index in [4.69, 9.17) is 11.6 Å². The maximum atomic E-state index is 10.9. The molecule has 0 atom stereocenters. The van der Waals surface area contributed by atoms with Gasteiger partial charge in [0.05, 0.1) is 0 Å². The van der Waals surface area contributed by atoms with Crippen LogP contribution in [0.2, 0.25) is 0 Å². The van der Waals surface area contributed by atoms with Crippen LogP contribution in [0.3, 0.4) is 0 Å². The molecule has 0 bridgehead atoms. The summed E-state index contributed by atoms with van der Waals surface area (Å²) in [7, 11) is 0. The highest BCUT2D eigenvalue weighted by atomic mass is 35.5. The summed E-state index contributed by atoms with van der Waals surface area (Å²) in [5, 5.41) is 0. The van der Waals surface area contributed by atoms with Crippen molar-refractivity contribution in [1.82, 2.24) is 0 Å². The highest BCUT2D eigenvalue weighted by molar-refractivity contribution is 6.24. The van der Waals surface area contributed by atoms with Gasteiger partial charge in [-0.2, -0.15) is 0 Å². The number of ketones is 1. The van der Waals surface area contributed by atoms with Crippen LogP contribution in [0.15, 0.2) is 36.4 Å². The van der Waals surface area contributed by atoms with E-state index in [1.54, 1.807) is 6.08 Å². The van der Waals surface area contributed by atoms with Crippen LogP contribution in [0.1, 0.15) is 12.5 Å². The average Bonchev–Trinajstić information content (AvgIpc) is 2.15. The van der Waals surface area contributed by atoms with Crippen molar-refractivity contribution in [3.05, 3.63) is 42.0 Å². The Hall–Kier alpha value is -1.08. The third kappa shape index (κ3) is 3.03. The molecular weight excluding hydrogens is 184 g/mol. The average molecular weight is 195 g/mol. The first-order valence-electron chi connectivity index (χ1n) is 4.06. The van der Waals surface area contributed by atoms with Crippen LogP contribution in [-0.2, 0) is 4.79 Å². The fraction of sp³-hybridized carbons (Fsp3) is 0.182. The van der Waals surface area contributed by atoms with Gasteiger partial charge in [0, 0.05) is 5.88 Å². The quantitative estimate of drug-likeness (QED) is 0.534. The molecular formula is C11H11ClO. The Morgan fingerprint density at radius 2 is 2.00 bits per heavy atom. The lowest BCUT2D eigenvalue weighted by Gasteiger charge is -2.01. The van der Waals surface area contributed by atoms with Crippen molar-refractivity contribution in [3.8, 4) is 0 Å². The van der Waals surface area contributed by atoms with Crippen LogP contribution in [0.25, 0.3) is 5.57 Å². The Kier molecular flexibility index (Phi) is 3.71. The molecule has 1 aromatic rings. The summed E-state index contributed by atoms with van der Waals surface area (Å²) in [4.78, 5) is 10.9. The molecule has 0 N–H and O–H groups in total. The number of hydrogen-bond donors (Lipinski definition) is 0. The summed E-state index contributed by atoms with van der Waals surface area (Å²) in [5.74, 6) is 0.392. The third-order valence-corrected chi connectivity index (χ3v) is 1.95. The first-order chi connectivity index (χ1) is 6.24. The van der Waals surface area contributed by atoms with Gasteiger partial charge < -0.3 is 0 Å². The van der Waals surface area contributed by atoms with Gasteiger partial charge >= 0.3 is 0 Å². The monoisotopic (exact) mass is 194 g/mol. The van der Waals surface area contributed by atoms with Gasteiger partial charge in [0.15, 0.2) is 5.78 Å². The first-order valence-corrected chi connectivity index (χ1v) is 4.60. The Labute approximate surface area is 83.0 Å². The first kappa shape index (κ1) is 10.0. The summed E-state index contributed by atoms with van der Waals surface area (Å²) in [6.45, 7) is 1.52.